The van der Waals surface area contributed by atoms with E-state index < -0.39 is 5.60 Å². The van der Waals surface area contributed by atoms with Crippen molar-refractivity contribution in [1.82, 2.24) is 5.32 Å². The molecular weight excluding hydrogens is 218 g/mol. The molecule has 1 heterocycles. The smallest absolute Gasteiger partial charge is 0.256 e. The summed E-state index contributed by atoms with van der Waals surface area (Å²) in [5, 5.41) is 12.5. The van der Waals surface area contributed by atoms with Gasteiger partial charge < -0.3 is 14.8 Å². The predicted molar refractivity (Wildman–Crippen MR) is 54.9 cm³/mol. The Balaban J connectivity index is 1.90. The summed E-state index contributed by atoms with van der Waals surface area (Å²) in [6.45, 7) is 0.271. The highest BCUT2D eigenvalue weighted by atomic mass is 35.5. The van der Waals surface area contributed by atoms with Crippen molar-refractivity contribution in [1.29, 1.82) is 0 Å². The first-order valence-electron chi connectivity index (χ1n) is 4.84. The molecule has 1 amide bonds. The minimum atomic E-state index is -0.716. The largest absolute Gasteiger partial charge is 0.452 e. The van der Waals surface area contributed by atoms with Crippen LogP contribution in [-0.2, 0) is 0 Å². The second-order valence-electron chi connectivity index (χ2n) is 3.87. The monoisotopic (exact) mass is 229 g/mol. The van der Waals surface area contributed by atoms with Crippen molar-refractivity contribution in [3.63, 3.8) is 0 Å². The fourth-order valence-electron chi connectivity index (χ4n) is 1.56. The predicted octanol–water partition coefficient (Wildman–Crippen LogP) is 1.58. The minimum absolute atomic E-state index is 0.0769. The molecule has 1 aromatic rings. The molecule has 4 nitrogen and oxygen atoms in total. The molecule has 1 fully saturated rings. The minimum Gasteiger partial charge on any atom is -0.452 e. The molecule has 0 radical (unpaired) electrons. The van der Waals surface area contributed by atoms with Gasteiger partial charge in [-0.15, -0.1) is 0 Å². The number of amides is 1. The zero-order valence-electron chi connectivity index (χ0n) is 8.12. The van der Waals surface area contributed by atoms with Gasteiger partial charge in [0, 0.05) is 6.54 Å². The molecule has 1 aliphatic carbocycles. The second kappa shape index (κ2) is 3.87. The van der Waals surface area contributed by atoms with Gasteiger partial charge in [0.1, 0.15) is 0 Å². The van der Waals surface area contributed by atoms with Crippen molar-refractivity contribution in [3.8, 4) is 0 Å². The summed E-state index contributed by atoms with van der Waals surface area (Å²) in [7, 11) is 0. The topological polar surface area (TPSA) is 62.5 Å². The van der Waals surface area contributed by atoms with E-state index in [9.17, 15) is 9.90 Å². The number of nitrogens with one attached hydrogen (secondary N) is 1. The molecule has 0 aliphatic heterocycles. The van der Waals surface area contributed by atoms with Gasteiger partial charge in [-0.3, -0.25) is 4.79 Å². The zero-order valence-corrected chi connectivity index (χ0v) is 8.88. The molecule has 0 saturated heterocycles. The summed E-state index contributed by atoms with van der Waals surface area (Å²) in [5.41, 5.74) is -0.411. The van der Waals surface area contributed by atoms with E-state index in [0.29, 0.717) is 5.56 Å². The number of rotatable bonds is 3. The number of carbonyl (C=O) groups excluding carboxylic acids is 1. The maximum absolute atomic E-state index is 11.5. The van der Waals surface area contributed by atoms with E-state index in [1.807, 2.05) is 0 Å². The van der Waals surface area contributed by atoms with E-state index in [0.717, 1.165) is 19.3 Å². The van der Waals surface area contributed by atoms with Gasteiger partial charge in [-0.1, -0.05) is 0 Å². The number of hydrogen-bond donors (Lipinski definition) is 2. The van der Waals surface area contributed by atoms with Crippen LogP contribution in [0.1, 0.15) is 29.6 Å². The standard InChI is InChI=1S/C10H12ClNO3/c11-8-7(2-5-15-8)9(13)12-6-10(14)3-1-4-10/h2,5,14H,1,3-4,6H2,(H,12,13). The van der Waals surface area contributed by atoms with Crippen molar-refractivity contribution in [2.45, 2.75) is 24.9 Å². The van der Waals surface area contributed by atoms with Gasteiger partial charge in [0.15, 0.2) is 0 Å². The number of aliphatic hydroxyl groups is 1. The average molecular weight is 230 g/mol. The van der Waals surface area contributed by atoms with Crippen LogP contribution in [0, 0.1) is 0 Å². The van der Waals surface area contributed by atoms with Gasteiger partial charge in [-0.2, -0.15) is 0 Å². The number of hydrogen-bond acceptors (Lipinski definition) is 3. The number of carbonyl (C=O) groups is 1. The Hall–Kier alpha value is -1.00. The van der Waals surface area contributed by atoms with E-state index in [2.05, 4.69) is 5.32 Å². The molecule has 1 saturated carbocycles. The van der Waals surface area contributed by atoms with E-state index in [-0.39, 0.29) is 17.7 Å². The first-order chi connectivity index (χ1) is 7.11. The molecule has 15 heavy (non-hydrogen) atoms. The van der Waals surface area contributed by atoms with E-state index in [1.54, 1.807) is 0 Å². The first kappa shape index (κ1) is 10.5. The fourth-order valence-corrected chi connectivity index (χ4v) is 1.76. The molecule has 0 aromatic carbocycles. The zero-order chi connectivity index (χ0) is 10.9. The Labute approximate surface area is 92.2 Å². The summed E-state index contributed by atoms with van der Waals surface area (Å²) in [4.78, 5) is 11.5. The highest BCUT2D eigenvalue weighted by Gasteiger charge is 2.34. The maximum Gasteiger partial charge on any atom is 0.256 e. The van der Waals surface area contributed by atoms with Crippen molar-refractivity contribution in [2.75, 3.05) is 6.54 Å². The Morgan fingerprint density at radius 1 is 1.67 bits per heavy atom. The molecule has 0 bridgehead atoms. The Bertz CT molecular complexity index is 370. The lowest BCUT2D eigenvalue weighted by Crippen LogP contribution is -2.47. The van der Waals surface area contributed by atoms with Crippen LogP contribution in [0.25, 0.3) is 0 Å². The summed E-state index contributed by atoms with van der Waals surface area (Å²) in [5.74, 6) is -0.311. The molecule has 5 heteroatoms. The van der Waals surface area contributed by atoms with Gasteiger partial charge in [-0.25, -0.2) is 0 Å². The molecule has 0 unspecified atom stereocenters. The van der Waals surface area contributed by atoms with Crippen LogP contribution in [0.5, 0.6) is 0 Å². The third-order valence-electron chi connectivity index (χ3n) is 2.72. The Morgan fingerprint density at radius 2 is 2.40 bits per heavy atom. The lowest BCUT2D eigenvalue weighted by atomic mass is 9.80. The van der Waals surface area contributed by atoms with E-state index in [4.69, 9.17) is 16.0 Å². The van der Waals surface area contributed by atoms with Crippen LogP contribution in [0.4, 0.5) is 0 Å². The van der Waals surface area contributed by atoms with Gasteiger partial charge in [-0.05, 0) is 36.9 Å². The third-order valence-corrected chi connectivity index (χ3v) is 3.02. The van der Waals surface area contributed by atoms with Gasteiger partial charge in [0.2, 0.25) is 5.22 Å². The van der Waals surface area contributed by atoms with E-state index >= 15 is 0 Å². The molecule has 2 rings (SSSR count). The molecule has 1 aliphatic rings. The van der Waals surface area contributed by atoms with Gasteiger partial charge >= 0.3 is 0 Å². The van der Waals surface area contributed by atoms with Crippen LogP contribution in [0.2, 0.25) is 5.22 Å². The quantitative estimate of drug-likeness (QED) is 0.827. The van der Waals surface area contributed by atoms with Crippen molar-refractivity contribution < 1.29 is 14.3 Å². The second-order valence-corrected chi connectivity index (χ2v) is 4.21. The van der Waals surface area contributed by atoms with Crippen LogP contribution in [-0.4, -0.2) is 23.2 Å². The molecular formula is C10H12ClNO3. The SMILES string of the molecule is O=C(NCC1(O)CCC1)c1ccoc1Cl. The Kier molecular flexibility index (Phi) is 2.71. The average Bonchev–Trinajstić information content (AvgIpc) is 2.58. The molecule has 82 valence electrons. The summed E-state index contributed by atoms with van der Waals surface area (Å²) >= 11 is 5.64. The molecule has 1 aromatic heterocycles. The lowest BCUT2D eigenvalue weighted by Gasteiger charge is -2.36. The lowest BCUT2D eigenvalue weighted by molar-refractivity contribution is -0.0300. The number of furan rings is 1. The van der Waals surface area contributed by atoms with Gasteiger partial charge in [0.05, 0.1) is 17.4 Å². The van der Waals surface area contributed by atoms with Crippen LogP contribution in [0.3, 0.4) is 0 Å². The third kappa shape index (κ3) is 2.16. The maximum atomic E-state index is 11.5. The first-order valence-corrected chi connectivity index (χ1v) is 5.22. The molecule has 2 N–H and O–H groups in total. The van der Waals surface area contributed by atoms with Crippen molar-refractivity contribution >= 4 is 17.5 Å². The van der Waals surface area contributed by atoms with Gasteiger partial charge in [0.25, 0.3) is 5.91 Å². The van der Waals surface area contributed by atoms with Crippen LogP contribution in [0.15, 0.2) is 16.7 Å². The summed E-state index contributed by atoms with van der Waals surface area (Å²) in [6.07, 6.45) is 3.85. The fraction of sp³-hybridized carbons (Fsp3) is 0.500. The summed E-state index contributed by atoms with van der Waals surface area (Å²) < 4.78 is 4.80. The number of halogens is 1. The van der Waals surface area contributed by atoms with Crippen molar-refractivity contribution in [2.24, 2.45) is 0 Å². The van der Waals surface area contributed by atoms with Crippen LogP contribution < -0.4 is 5.32 Å². The normalized spacial score (nSPS) is 18.3. The van der Waals surface area contributed by atoms with Crippen LogP contribution >= 0.6 is 11.6 Å². The van der Waals surface area contributed by atoms with Crippen molar-refractivity contribution in [3.05, 3.63) is 23.1 Å². The van der Waals surface area contributed by atoms with E-state index in [1.165, 1.54) is 12.3 Å². The summed E-state index contributed by atoms with van der Waals surface area (Å²) in [6, 6.07) is 1.50. The molecule has 0 atom stereocenters. The highest BCUT2D eigenvalue weighted by molar-refractivity contribution is 6.32. The Morgan fingerprint density at radius 3 is 2.87 bits per heavy atom. The molecule has 0 spiro atoms. The highest BCUT2D eigenvalue weighted by Crippen LogP contribution is 2.30.